The zero-order valence-corrected chi connectivity index (χ0v) is 13.7. The summed E-state index contributed by atoms with van der Waals surface area (Å²) < 4.78 is 43.2. The molecular weight excluding hydrogens is 323 g/mol. The van der Waals surface area contributed by atoms with Crippen LogP contribution in [0.3, 0.4) is 0 Å². The van der Waals surface area contributed by atoms with Gasteiger partial charge in [0.1, 0.15) is 18.5 Å². The number of hydrogen-bond donors (Lipinski definition) is 2. The Morgan fingerprint density at radius 1 is 1.38 bits per heavy atom. The van der Waals surface area contributed by atoms with E-state index in [1.54, 1.807) is 0 Å². The second-order valence-electron chi connectivity index (χ2n) is 6.80. The zero-order chi connectivity index (χ0) is 17.8. The van der Waals surface area contributed by atoms with E-state index in [0.29, 0.717) is 13.1 Å². The molecule has 24 heavy (non-hydrogen) atoms. The third kappa shape index (κ3) is 5.36. The largest absolute Gasteiger partial charge is 0.491 e. The smallest absolute Gasteiger partial charge is 0.416 e. The molecule has 0 aromatic heterocycles. The van der Waals surface area contributed by atoms with Crippen LogP contribution in [0, 0.1) is 5.41 Å². The molecule has 1 fully saturated rings. The van der Waals surface area contributed by atoms with Gasteiger partial charge in [-0.1, -0.05) is 13.0 Å². The van der Waals surface area contributed by atoms with Crippen molar-refractivity contribution in [1.29, 1.82) is 0 Å². The van der Waals surface area contributed by atoms with E-state index in [9.17, 15) is 23.4 Å². The minimum Gasteiger partial charge on any atom is -0.491 e. The lowest BCUT2D eigenvalue weighted by Crippen LogP contribution is -2.47. The molecule has 0 spiro atoms. The predicted molar refractivity (Wildman–Crippen MR) is 83.8 cm³/mol. The van der Waals surface area contributed by atoms with E-state index in [-0.39, 0.29) is 24.4 Å². The molecule has 1 heterocycles. The van der Waals surface area contributed by atoms with Crippen LogP contribution in [0.15, 0.2) is 24.3 Å². The SMILES string of the molecule is CC1(CO)CCCN(CC(O)COc2cccc(C(F)(F)F)c2)C1. The van der Waals surface area contributed by atoms with Gasteiger partial charge in [-0.3, -0.25) is 0 Å². The summed E-state index contributed by atoms with van der Waals surface area (Å²) in [6.07, 6.45) is -3.34. The summed E-state index contributed by atoms with van der Waals surface area (Å²) in [7, 11) is 0. The highest BCUT2D eigenvalue weighted by atomic mass is 19.4. The van der Waals surface area contributed by atoms with Crippen LogP contribution < -0.4 is 4.74 Å². The van der Waals surface area contributed by atoms with Crippen LogP contribution in [0.5, 0.6) is 5.75 Å². The number of piperidine rings is 1. The molecule has 1 aliphatic heterocycles. The lowest BCUT2D eigenvalue weighted by molar-refractivity contribution is -0.137. The maximum atomic E-state index is 12.7. The molecule has 0 aliphatic carbocycles. The quantitative estimate of drug-likeness (QED) is 0.830. The van der Waals surface area contributed by atoms with Gasteiger partial charge in [0.2, 0.25) is 0 Å². The fourth-order valence-electron chi connectivity index (χ4n) is 3.02. The third-order valence-corrected chi connectivity index (χ3v) is 4.31. The molecule has 0 radical (unpaired) electrons. The van der Waals surface area contributed by atoms with Gasteiger partial charge in [-0.05, 0) is 37.6 Å². The molecule has 2 N–H and O–H groups in total. The van der Waals surface area contributed by atoms with Crippen molar-refractivity contribution in [2.24, 2.45) is 5.41 Å². The van der Waals surface area contributed by atoms with Gasteiger partial charge < -0.3 is 19.8 Å². The molecule has 4 nitrogen and oxygen atoms in total. The Bertz CT molecular complexity index is 538. The maximum absolute atomic E-state index is 12.7. The van der Waals surface area contributed by atoms with Gasteiger partial charge in [0, 0.05) is 25.1 Å². The van der Waals surface area contributed by atoms with Gasteiger partial charge in [0.15, 0.2) is 0 Å². The summed E-state index contributed by atoms with van der Waals surface area (Å²) in [6.45, 7) is 3.91. The number of likely N-dealkylation sites (tertiary alicyclic amines) is 1. The third-order valence-electron chi connectivity index (χ3n) is 4.31. The molecule has 1 aliphatic rings. The van der Waals surface area contributed by atoms with E-state index >= 15 is 0 Å². The van der Waals surface area contributed by atoms with Crippen LogP contribution in [0.2, 0.25) is 0 Å². The predicted octanol–water partition coefficient (Wildman–Crippen LogP) is 2.54. The van der Waals surface area contributed by atoms with Crippen LogP contribution in [0.25, 0.3) is 0 Å². The normalized spacial score (nSPS) is 23.9. The molecule has 7 heteroatoms. The first-order valence-electron chi connectivity index (χ1n) is 8.03. The average Bonchev–Trinajstić information content (AvgIpc) is 2.52. The van der Waals surface area contributed by atoms with Crippen LogP contribution in [0.4, 0.5) is 13.2 Å². The highest BCUT2D eigenvalue weighted by Gasteiger charge is 2.32. The number of nitrogens with zero attached hydrogens (tertiary/aromatic N) is 1. The van der Waals surface area contributed by atoms with E-state index in [4.69, 9.17) is 4.74 Å². The van der Waals surface area contributed by atoms with Gasteiger partial charge >= 0.3 is 6.18 Å². The van der Waals surface area contributed by atoms with Crippen LogP contribution in [0.1, 0.15) is 25.3 Å². The topological polar surface area (TPSA) is 52.9 Å². The molecule has 0 saturated carbocycles. The number of alkyl halides is 3. The Morgan fingerprint density at radius 3 is 2.79 bits per heavy atom. The Hall–Kier alpha value is -1.31. The fourth-order valence-corrected chi connectivity index (χ4v) is 3.02. The minimum absolute atomic E-state index is 0.0757. The highest BCUT2D eigenvalue weighted by Crippen LogP contribution is 2.31. The summed E-state index contributed by atoms with van der Waals surface area (Å²) in [6, 6.07) is 4.62. The van der Waals surface area contributed by atoms with Crippen molar-refractivity contribution in [3.63, 3.8) is 0 Å². The molecule has 1 saturated heterocycles. The summed E-state index contributed by atoms with van der Waals surface area (Å²) in [5.41, 5.74) is -0.941. The van der Waals surface area contributed by atoms with Crippen molar-refractivity contribution < 1.29 is 28.1 Å². The van der Waals surface area contributed by atoms with E-state index < -0.39 is 17.8 Å². The van der Waals surface area contributed by atoms with Crippen molar-refractivity contribution >= 4 is 0 Å². The molecule has 1 aromatic rings. The zero-order valence-electron chi connectivity index (χ0n) is 13.7. The number of aliphatic hydroxyl groups excluding tert-OH is 2. The van der Waals surface area contributed by atoms with Crippen molar-refractivity contribution in [2.45, 2.75) is 32.0 Å². The van der Waals surface area contributed by atoms with Crippen molar-refractivity contribution in [2.75, 3.05) is 32.8 Å². The summed E-state index contributed by atoms with van der Waals surface area (Å²) >= 11 is 0. The number of ether oxygens (including phenoxy) is 1. The van der Waals surface area contributed by atoms with E-state index in [2.05, 4.69) is 4.90 Å². The lowest BCUT2D eigenvalue weighted by atomic mass is 9.83. The highest BCUT2D eigenvalue weighted by molar-refractivity contribution is 5.30. The molecule has 136 valence electrons. The summed E-state index contributed by atoms with van der Waals surface area (Å²) in [5, 5.41) is 19.5. The van der Waals surface area contributed by atoms with Gasteiger partial charge in [-0.15, -0.1) is 0 Å². The van der Waals surface area contributed by atoms with Crippen molar-refractivity contribution in [1.82, 2.24) is 4.90 Å². The van der Waals surface area contributed by atoms with E-state index in [0.717, 1.165) is 31.5 Å². The Kier molecular flexibility index (Phi) is 6.11. The number of aliphatic hydroxyl groups is 2. The minimum atomic E-state index is -4.42. The molecule has 2 rings (SSSR count). The Labute approximate surface area is 139 Å². The van der Waals surface area contributed by atoms with Crippen LogP contribution in [-0.4, -0.2) is 54.1 Å². The Balaban J connectivity index is 1.84. The summed E-state index contributed by atoms with van der Waals surface area (Å²) in [5.74, 6) is 0.0858. The van der Waals surface area contributed by atoms with E-state index in [1.807, 2.05) is 6.92 Å². The lowest BCUT2D eigenvalue weighted by Gasteiger charge is -2.40. The molecule has 0 bridgehead atoms. The molecule has 0 amide bonds. The summed E-state index contributed by atoms with van der Waals surface area (Å²) in [4.78, 5) is 2.06. The first kappa shape index (κ1) is 19.0. The Morgan fingerprint density at radius 2 is 2.12 bits per heavy atom. The van der Waals surface area contributed by atoms with Crippen molar-refractivity contribution in [3.05, 3.63) is 29.8 Å². The number of halogens is 3. The first-order valence-corrected chi connectivity index (χ1v) is 8.03. The van der Waals surface area contributed by atoms with E-state index in [1.165, 1.54) is 12.1 Å². The standard InChI is InChI=1S/C17H24F3NO3/c1-16(12-22)6-3-7-21(11-16)9-14(23)10-24-15-5-2-4-13(8-15)17(18,19)20/h2,4-5,8,14,22-23H,3,6-7,9-12H2,1H3. The monoisotopic (exact) mass is 347 g/mol. The van der Waals surface area contributed by atoms with Gasteiger partial charge in [-0.25, -0.2) is 0 Å². The number of benzene rings is 1. The van der Waals surface area contributed by atoms with Crippen molar-refractivity contribution in [3.8, 4) is 5.75 Å². The fraction of sp³-hybridized carbons (Fsp3) is 0.647. The van der Waals surface area contributed by atoms with Crippen LogP contribution in [-0.2, 0) is 6.18 Å². The second-order valence-corrected chi connectivity index (χ2v) is 6.80. The average molecular weight is 347 g/mol. The van der Waals surface area contributed by atoms with Gasteiger partial charge in [-0.2, -0.15) is 13.2 Å². The number of β-amino-alcohol motifs (C(OH)–C–C–N with tert-alkyl or cyclic N) is 1. The van der Waals surface area contributed by atoms with Gasteiger partial charge in [0.25, 0.3) is 0 Å². The second kappa shape index (κ2) is 7.72. The molecule has 2 unspecified atom stereocenters. The van der Waals surface area contributed by atoms with Gasteiger partial charge in [0.05, 0.1) is 5.56 Å². The number of rotatable bonds is 6. The van der Waals surface area contributed by atoms with Crippen LogP contribution >= 0.6 is 0 Å². The first-order chi connectivity index (χ1) is 11.2. The molecule has 2 atom stereocenters. The molecule has 1 aromatic carbocycles. The molecular formula is C17H24F3NO3. The maximum Gasteiger partial charge on any atom is 0.416 e. The number of hydrogen-bond acceptors (Lipinski definition) is 4.